The Morgan fingerprint density at radius 3 is 3.10 bits per heavy atom. The Labute approximate surface area is 119 Å². The molecule has 4 heteroatoms. The lowest BCUT2D eigenvalue weighted by Gasteiger charge is -2.40. The van der Waals surface area contributed by atoms with E-state index >= 15 is 0 Å². The monoisotopic (exact) mass is 276 g/mol. The Hall–Kier alpha value is -1.13. The fourth-order valence-electron chi connectivity index (χ4n) is 4.11. The average molecular weight is 276 g/mol. The topological polar surface area (TPSA) is 56.3 Å². The number of hydrogen-bond acceptors (Lipinski definition) is 3. The molecule has 0 radical (unpaired) electrons. The van der Waals surface area contributed by atoms with Crippen LogP contribution in [-0.2, 0) is 6.54 Å². The Kier molecular flexibility index (Phi) is 3.69. The van der Waals surface area contributed by atoms with Gasteiger partial charge in [-0.2, -0.15) is 0 Å². The minimum atomic E-state index is -0.485. The molecule has 2 N–H and O–H groups in total. The Morgan fingerprint density at radius 2 is 2.35 bits per heavy atom. The summed E-state index contributed by atoms with van der Waals surface area (Å²) in [7, 11) is 0. The lowest BCUT2D eigenvalue weighted by atomic mass is 9.69. The molecule has 0 bridgehead atoms. The van der Waals surface area contributed by atoms with E-state index in [1.165, 1.54) is 6.42 Å². The van der Waals surface area contributed by atoms with Crippen LogP contribution < -0.4 is 5.56 Å². The van der Waals surface area contributed by atoms with Gasteiger partial charge in [0.05, 0.1) is 5.60 Å². The van der Waals surface area contributed by atoms with E-state index in [-0.39, 0.29) is 5.56 Å². The number of rotatable bonds is 3. The van der Waals surface area contributed by atoms with Gasteiger partial charge >= 0.3 is 0 Å². The van der Waals surface area contributed by atoms with Crippen molar-refractivity contribution in [1.29, 1.82) is 0 Å². The zero-order valence-electron chi connectivity index (χ0n) is 12.1. The molecule has 1 aromatic rings. The summed E-state index contributed by atoms with van der Waals surface area (Å²) in [4.78, 5) is 16.8. The minimum Gasteiger partial charge on any atom is -0.390 e. The van der Waals surface area contributed by atoms with Crippen molar-refractivity contribution in [2.24, 2.45) is 11.8 Å². The summed E-state index contributed by atoms with van der Waals surface area (Å²) in [6, 6.07) is 3.77. The van der Waals surface area contributed by atoms with E-state index < -0.39 is 5.60 Å². The maximum absolute atomic E-state index is 11.8. The molecule has 2 aliphatic rings. The fraction of sp³-hybridized carbons (Fsp3) is 0.688. The first kappa shape index (κ1) is 13.8. The highest BCUT2D eigenvalue weighted by Gasteiger charge is 2.47. The number of nitrogens with zero attached hydrogens (tertiary/aromatic N) is 1. The van der Waals surface area contributed by atoms with Crippen LogP contribution in [0.4, 0.5) is 0 Å². The summed E-state index contributed by atoms with van der Waals surface area (Å²) in [6.45, 7) is 4.72. The molecule has 1 aromatic heterocycles. The van der Waals surface area contributed by atoms with E-state index in [1.54, 1.807) is 6.20 Å². The van der Waals surface area contributed by atoms with Crippen molar-refractivity contribution < 1.29 is 5.11 Å². The number of pyridine rings is 1. The van der Waals surface area contributed by atoms with Crippen molar-refractivity contribution in [3.05, 3.63) is 34.2 Å². The maximum Gasteiger partial charge on any atom is 0.252 e. The third kappa shape index (κ3) is 2.42. The molecule has 1 saturated carbocycles. The van der Waals surface area contributed by atoms with Crippen LogP contribution >= 0.6 is 0 Å². The fourth-order valence-corrected chi connectivity index (χ4v) is 4.11. The molecule has 2 fully saturated rings. The molecular weight excluding hydrogens is 252 g/mol. The summed E-state index contributed by atoms with van der Waals surface area (Å²) >= 11 is 0. The van der Waals surface area contributed by atoms with Gasteiger partial charge in [0, 0.05) is 37.3 Å². The molecule has 4 nitrogen and oxygen atoms in total. The molecule has 20 heavy (non-hydrogen) atoms. The summed E-state index contributed by atoms with van der Waals surface area (Å²) < 4.78 is 0. The van der Waals surface area contributed by atoms with Gasteiger partial charge in [-0.05, 0) is 31.2 Å². The van der Waals surface area contributed by atoms with E-state index in [2.05, 4.69) is 16.8 Å². The van der Waals surface area contributed by atoms with E-state index in [9.17, 15) is 9.90 Å². The van der Waals surface area contributed by atoms with Gasteiger partial charge in [-0.25, -0.2) is 0 Å². The number of hydrogen-bond donors (Lipinski definition) is 2. The van der Waals surface area contributed by atoms with Gasteiger partial charge in [0.15, 0.2) is 0 Å². The van der Waals surface area contributed by atoms with Gasteiger partial charge < -0.3 is 10.1 Å². The first-order chi connectivity index (χ1) is 9.62. The first-order valence-corrected chi connectivity index (χ1v) is 7.73. The Morgan fingerprint density at radius 1 is 1.50 bits per heavy atom. The molecular formula is C16H24N2O2. The van der Waals surface area contributed by atoms with Gasteiger partial charge in [0.1, 0.15) is 0 Å². The van der Waals surface area contributed by atoms with Crippen LogP contribution in [0, 0.1) is 11.8 Å². The molecule has 1 saturated heterocycles. The standard InChI is InChI=1S/C16H24N2O2/c1-2-16(20)7-3-5-12-9-18(11-14(12)16)10-13-6-4-8-17-15(13)19/h4,6,8,12,14,20H,2-3,5,7,9-11H2,1H3,(H,17,19)/t12-,14+,16-/m0/s1. The van der Waals surface area contributed by atoms with Crippen LogP contribution in [0.15, 0.2) is 23.1 Å². The van der Waals surface area contributed by atoms with Crippen LogP contribution in [0.3, 0.4) is 0 Å². The summed E-state index contributed by atoms with van der Waals surface area (Å²) in [5.41, 5.74) is 0.347. The molecule has 3 rings (SSSR count). The normalized spacial score (nSPS) is 34.1. The van der Waals surface area contributed by atoms with Crippen molar-refractivity contribution in [3.63, 3.8) is 0 Å². The molecule has 1 aliphatic carbocycles. The third-order valence-corrected chi connectivity index (χ3v) is 5.30. The van der Waals surface area contributed by atoms with E-state index in [0.29, 0.717) is 18.4 Å². The average Bonchev–Trinajstić information content (AvgIpc) is 2.86. The highest BCUT2D eigenvalue weighted by molar-refractivity contribution is 5.10. The van der Waals surface area contributed by atoms with Gasteiger partial charge in [-0.1, -0.05) is 19.4 Å². The number of fused-ring (bicyclic) bond motifs is 1. The van der Waals surface area contributed by atoms with E-state index in [1.807, 2.05) is 12.1 Å². The van der Waals surface area contributed by atoms with Crippen molar-refractivity contribution >= 4 is 0 Å². The molecule has 0 spiro atoms. The smallest absolute Gasteiger partial charge is 0.252 e. The number of nitrogens with one attached hydrogen (secondary N) is 1. The van der Waals surface area contributed by atoms with Crippen molar-refractivity contribution in [1.82, 2.24) is 9.88 Å². The second-order valence-corrected chi connectivity index (χ2v) is 6.43. The number of H-pyrrole nitrogens is 1. The van der Waals surface area contributed by atoms with Gasteiger partial charge in [-0.15, -0.1) is 0 Å². The summed E-state index contributed by atoms with van der Waals surface area (Å²) in [5, 5.41) is 10.8. The van der Waals surface area contributed by atoms with E-state index in [4.69, 9.17) is 0 Å². The largest absolute Gasteiger partial charge is 0.390 e. The van der Waals surface area contributed by atoms with Crippen LogP contribution in [0.2, 0.25) is 0 Å². The van der Waals surface area contributed by atoms with Gasteiger partial charge in [-0.3, -0.25) is 9.69 Å². The molecule has 110 valence electrons. The highest BCUT2D eigenvalue weighted by Crippen LogP contribution is 2.44. The van der Waals surface area contributed by atoms with Crippen LogP contribution in [0.25, 0.3) is 0 Å². The first-order valence-electron chi connectivity index (χ1n) is 7.73. The van der Waals surface area contributed by atoms with Gasteiger partial charge in [0.2, 0.25) is 0 Å². The summed E-state index contributed by atoms with van der Waals surface area (Å²) in [5.74, 6) is 0.973. The third-order valence-electron chi connectivity index (χ3n) is 5.30. The van der Waals surface area contributed by atoms with Crippen molar-refractivity contribution in [2.75, 3.05) is 13.1 Å². The highest BCUT2D eigenvalue weighted by atomic mass is 16.3. The lowest BCUT2D eigenvalue weighted by molar-refractivity contribution is -0.0613. The van der Waals surface area contributed by atoms with Crippen molar-refractivity contribution in [3.8, 4) is 0 Å². The number of likely N-dealkylation sites (tertiary alicyclic amines) is 1. The molecule has 2 heterocycles. The lowest BCUT2D eigenvalue weighted by Crippen LogP contribution is -2.44. The number of aromatic nitrogens is 1. The summed E-state index contributed by atoms with van der Waals surface area (Å²) in [6.07, 6.45) is 5.80. The quantitative estimate of drug-likeness (QED) is 0.884. The molecule has 3 atom stereocenters. The second-order valence-electron chi connectivity index (χ2n) is 6.43. The minimum absolute atomic E-state index is 0.00752. The zero-order chi connectivity index (χ0) is 14.2. The molecule has 0 unspecified atom stereocenters. The predicted molar refractivity (Wildman–Crippen MR) is 78.4 cm³/mol. The molecule has 0 aromatic carbocycles. The zero-order valence-corrected chi connectivity index (χ0v) is 12.1. The SMILES string of the molecule is CC[C@]1(O)CCC[C@H]2CN(Cc3ccc[nH]c3=O)C[C@H]21. The predicted octanol–water partition coefficient (Wildman–Crippen LogP) is 1.75. The van der Waals surface area contributed by atoms with Crippen LogP contribution in [0.5, 0.6) is 0 Å². The Bertz CT molecular complexity index is 527. The number of aliphatic hydroxyl groups is 1. The maximum atomic E-state index is 11.8. The van der Waals surface area contributed by atoms with Crippen LogP contribution in [0.1, 0.15) is 38.2 Å². The molecule has 1 aliphatic heterocycles. The Balaban J connectivity index is 1.73. The second kappa shape index (κ2) is 5.34. The molecule has 0 amide bonds. The van der Waals surface area contributed by atoms with Crippen LogP contribution in [-0.4, -0.2) is 33.7 Å². The number of aromatic amines is 1. The van der Waals surface area contributed by atoms with E-state index in [0.717, 1.165) is 37.9 Å². The van der Waals surface area contributed by atoms with Crippen molar-refractivity contribution in [2.45, 2.75) is 44.8 Å². The van der Waals surface area contributed by atoms with Gasteiger partial charge in [0.25, 0.3) is 5.56 Å².